The topological polar surface area (TPSA) is 33.6 Å². The van der Waals surface area contributed by atoms with Crippen molar-refractivity contribution in [2.75, 3.05) is 0 Å². The largest absolute Gasteiger partial charge is 0.417 e. The van der Waals surface area contributed by atoms with E-state index >= 15 is 0 Å². The molecule has 0 aliphatic carbocycles. The van der Waals surface area contributed by atoms with Crippen LogP contribution < -0.4 is 0 Å². The predicted molar refractivity (Wildman–Crippen MR) is 185 cm³/mol. The van der Waals surface area contributed by atoms with Gasteiger partial charge in [-0.2, -0.15) is 57.9 Å². The third-order valence-corrected chi connectivity index (χ3v) is 9.66. The van der Waals surface area contributed by atoms with E-state index in [-0.39, 0.29) is 55.0 Å². The molecule has 0 atom stereocenters. The van der Waals surface area contributed by atoms with Crippen molar-refractivity contribution in [3.8, 4) is 28.6 Å². The lowest BCUT2D eigenvalue weighted by Crippen LogP contribution is -2.15. The van der Waals surface area contributed by atoms with E-state index in [1.165, 1.54) is 45.5 Å². The van der Waals surface area contributed by atoms with Crippen LogP contribution in [0, 0.1) is 11.3 Å². The van der Waals surface area contributed by atoms with Crippen LogP contribution in [0.25, 0.3) is 66.1 Å². The van der Waals surface area contributed by atoms with E-state index in [0.717, 1.165) is 48.5 Å². The second-order valence-electron chi connectivity index (χ2n) is 12.9. The van der Waals surface area contributed by atoms with Gasteiger partial charge >= 0.3 is 24.7 Å². The number of hydrogen-bond donors (Lipinski definition) is 0. The number of benzene rings is 6. The molecular weight excluding hydrogens is 762 g/mol. The number of hydrogen-bond acceptors (Lipinski definition) is 1. The molecule has 0 radical (unpaired) electrons. The van der Waals surface area contributed by atoms with E-state index in [4.69, 9.17) is 0 Å². The van der Waals surface area contributed by atoms with E-state index < -0.39 is 63.6 Å². The summed E-state index contributed by atoms with van der Waals surface area (Å²) >= 11 is 0. The number of para-hydroxylation sites is 2. The molecule has 15 heteroatoms. The zero-order valence-electron chi connectivity index (χ0n) is 27.8. The quantitative estimate of drug-likeness (QED) is 0.164. The summed E-state index contributed by atoms with van der Waals surface area (Å²) in [6, 6.07) is 22.8. The Morgan fingerprint density at radius 1 is 0.411 bits per heavy atom. The Kier molecular flexibility index (Phi) is 8.02. The SMILES string of the molecule is N#Cc1cc(-n2c3ccccc3c3cc(C(F)(F)F)ccc32)c(-n2c3ccccc3c3cc(C(F)(F)F)ccc32)cc1-c1c(C(F)(F)F)cccc1C(F)(F)F. The molecule has 0 bridgehead atoms. The van der Waals surface area contributed by atoms with E-state index in [1.807, 2.05) is 0 Å². The Morgan fingerprint density at radius 3 is 1.23 bits per heavy atom. The molecule has 0 unspecified atom stereocenters. The third-order valence-electron chi connectivity index (χ3n) is 9.66. The second kappa shape index (κ2) is 12.3. The summed E-state index contributed by atoms with van der Waals surface area (Å²) in [4.78, 5) is 0. The van der Waals surface area contributed by atoms with Crippen LogP contribution in [0.4, 0.5) is 52.7 Å². The molecule has 6 aromatic carbocycles. The van der Waals surface area contributed by atoms with Crippen molar-refractivity contribution in [1.82, 2.24) is 9.13 Å². The van der Waals surface area contributed by atoms with Gasteiger partial charge in [0.2, 0.25) is 0 Å². The van der Waals surface area contributed by atoms with Crippen LogP contribution in [0.15, 0.2) is 115 Å². The summed E-state index contributed by atoms with van der Waals surface area (Å²) in [5, 5.41) is 11.1. The smallest absolute Gasteiger partial charge is 0.307 e. The first-order valence-corrected chi connectivity index (χ1v) is 16.4. The summed E-state index contributed by atoms with van der Waals surface area (Å²) in [6.07, 6.45) is -20.3. The molecule has 0 fully saturated rings. The number of aromatic nitrogens is 2. The van der Waals surface area contributed by atoms with Gasteiger partial charge in [-0.25, -0.2) is 0 Å². The first kappa shape index (κ1) is 36.5. The van der Waals surface area contributed by atoms with Crippen LogP contribution in [0.5, 0.6) is 0 Å². The molecule has 282 valence electrons. The molecule has 0 aliphatic rings. The van der Waals surface area contributed by atoms with E-state index in [9.17, 15) is 57.9 Å². The number of nitrogens with zero attached hydrogens (tertiary/aromatic N) is 3. The standard InChI is InChI=1S/C41H19F12N3/c42-38(43,44)22-12-14-33-27(17-22)24-6-1-3-10-31(24)55(33)35-16-21(20-54)26(37-29(40(48,49)50)8-5-9-30(37)41(51,52)53)19-36(35)56-32-11-4-2-7-25(32)28-18-23(39(45,46)47)13-15-34(28)56/h1-19H. The molecule has 8 aromatic rings. The lowest BCUT2D eigenvalue weighted by atomic mass is 9.89. The average molecular weight is 782 g/mol. The highest BCUT2D eigenvalue weighted by molar-refractivity contribution is 6.12. The minimum Gasteiger partial charge on any atom is -0.307 e. The molecule has 8 rings (SSSR count). The number of fused-ring (bicyclic) bond motifs is 6. The molecule has 0 saturated heterocycles. The van der Waals surface area contributed by atoms with Crippen molar-refractivity contribution in [2.45, 2.75) is 24.7 Å². The normalized spacial score (nSPS) is 13.0. The minimum absolute atomic E-state index is 0.0241. The maximum Gasteiger partial charge on any atom is 0.417 e. The molecule has 0 spiro atoms. The summed E-state index contributed by atoms with van der Waals surface area (Å²) in [5.74, 6) is 0. The zero-order chi connectivity index (χ0) is 40.1. The van der Waals surface area contributed by atoms with Crippen molar-refractivity contribution < 1.29 is 52.7 Å². The molecule has 0 saturated carbocycles. The van der Waals surface area contributed by atoms with Gasteiger partial charge in [-0.15, -0.1) is 0 Å². The molecule has 0 amide bonds. The van der Waals surface area contributed by atoms with Gasteiger partial charge in [-0.05, 0) is 72.8 Å². The maximum atomic E-state index is 14.6. The molecule has 0 N–H and O–H groups in total. The van der Waals surface area contributed by atoms with Gasteiger partial charge in [0.25, 0.3) is 0 Å². The monoisotopic (exact) mass is 781 g/mol. The van der Waals surface area contributed by atoms with Gasteiger partial charge in [0, 0.05) is 32.7 Å². The van der Waals surface area contributed by atoms with Gasteiger partial charge in [0.15, 0.2) is 0 Å². The van der Waals surface area contributed by atoms with Gasteiger partial charge in [0.1, 0.15) is 0 Å². The zero-order valence-corrected chi connectivity index (χ0v) is 27.8. The van der Waals surface area contributed by atoms with Crippen molar-refractivity contribution in [2.24, 2.45) is 0 Å². The molecule has 56 heavy (non-hydrogen) atoms. The van der Waals surface area contributed by atoms with E-state index in [1.54, 1.807) is 18.2 Å². The maximum absolute atomic E-state index is 14.6. The van der Waals surface area contributed by atoms with Crippen molar-refractivity contribution >= 4 is 43.6 Å². The van der Waals surface area contributed by atoms with Gasteiger partial charge in [-0.3, -0.25) is 0 Å². The fourth-order valence-electron chi connectivity index (χ4n) is 7.37. The first-order chi connectivity index (χ1) is 26.3. The molecule has 3 nitrogen and oxygen atoms in total. The lowest BCUT2D eigenvalue weighted by Gasteiger charge is -2.23. The molecular formula is C41H19F12N3. The van der Waals surface area contributed by atoms with Gasteiger partial charge in [0.05, 0.1) is 67.3 Å². The highest BCUT2D eigenvalue weighted by Gasteiger charge is 2.42. The van der Waals surface area contributed by atoms with Crippen LogP contribution in [0.2, 0.25) is 0 Å². The van der Waals surface area contributed by atoms with Crippen molar-refractivity contribution in [1.29, 1.82) is 5.26 Å². The third kappa shape index (κ3) is 5.78. The minimum atomic E-state index is -5.36. The number of alkyl halides is 12. The Bertz CT molecular complexity index is 2900. The number of rotatable bonds is 3. The van der Waals surface area contributed by atoms with Crippen molar-refractivity contribution in [3.63, 3.8) is 0 Å². The second-order valence-corrected chi connectivity index (χ2v) is 12.9. The molecule has 2 aromatic heterocycles. The summed E-state index contributed by atoms with van der Waals surface area (Å²) < 4.78 is 174. The highest BCUT2D eigenvalue weighted by Crippen LogP contribution is 2.48. The highest BCUT2D eigenvalue weighted by atomic mass is 19.4. The fourth-order valence-corrected chi connectivity index (χ4v) is 7.37. The lowest BCUT2D eigenvalue weighted by molar-refractivity contribution is -0.142. The van der Waals surface area contributed by atoms with E-state index in [2.05, 4.69) is 0 Å². The van der Waals surface area contributed by atoms with Crippen LogP contribution >= 0.6 is 0 Å². The summed E-state index contributed by atoms with van der Waals surface area (Å²) in [7, 11) is 0. The van der Waals surface area contributed by atoms with Crippen molar-refractivity contribution in [3.05, 3.63) is 143 Å². The molecule has 0 aliphatic heterocycles. The number of halogens is 12. The van der Waals surface area contributed by atoms with Crippen LogP contribution in [0.1, 0.15) is 27.8 Å². The van der Waals surface area contributed by atoms with E-state index in [0.29, 0.717) is 18.2 Å². The van der Waals surface area contributed by atoms with Gasteiger partial charge in [-0.1, -0.05) is 42.5 Å². The Morgan fingerprint density at radius 2 is 0.821 bits per heavy atom. The Balaban J connectivity index is 1.60. The fraction of sp³-hybridized carbons (Fsp3) is 0.0976. The van der Waals surface area contributed by atoms with Crippen LogP contribution in [-0.4, -0.2) is 9.13 Å². The Labute approximate surface area is 306 Å². The number of nitriles is 1. The Hall–Kier alpha value is -6.43. The summed E-state index contributed by atoms with van der Waals surface area (Å²) in [6.45, 7) is 0. The van der Waals surface area contributed by atoms with Crippen LogP contribution in [-0.2, 0) is 24.7 Å². The van der Waals surface area contributed by atoms with Crippen LogP contribution in [0.3, 0.4) is 0 Å². The summed E-state index contributed by atoms with van der Waals surface area (Å²) in [5.41, 5.74) is -7.99. The van der Waals surface area contributed by atoms with Gasteiger partial charge < -0.3 is 9.13 Å². The predicted octanol–water partition coefficient (Wildman–Crippen LogP) is 13.5. The molecule has 2 heterocycles. The first-order valence-electron chi connectivity index (χ1n) is 16.4. The average Bonchev–Trinajstić information content (AvgIpc) is 3.64.